The van der Waals surface area contributed by atoms with E-state index in [-0.39, 0.29) is 5.56 Å². The Labute approximate surface area is 125 Å². The number of thiazole rings is 1. The molecule has 0 fully saturated rings. The molecule has 7 heteroatoms. The number of aromatic nitrogens is 1. The molecule has 21 heavy (non-hydrogen) atoms. The number of nitrogens with zero attached hydrogens (tertiary/aromatic N) is 2. The smallest absolute Gasteiger partial charge is 0.257 e. The molecule has 2 aromatic rings. The molecule has 1 atom stereocenters. The van der Waals surface area contributed by atoms with Crippen molar-refractivity contribution in [3.05, 3.63) is 39.6 Å². The summed E-state index contributed by atoms with van der Waals surface area (Å²) in [4.78, 5) is 18.4. The number of hydrogen-bond acceptors (Lipinski definition) is 5. The fourth-order valence-electron chi connectivity index (χ4n) is 2.33. The van der Waals surface area contributed by atoms with Crippen molar-refractivity contribution in [3.63, 3.8) is 0 Å². The van der Waals surface area contributed by atoms with Crippen LogP contribution in [0.15, 0.2) is 17.6 Å². The average molecular weight is 307 g/mol. The number of amides is 1. The van der Waals surface area contributed by atoms with Crippen LogP contribution in [0.5, 0.6) is 0 Å². The second-order valence-corrected chi connectivity index (χ2v) is 5.94. The number of aliphatic hydroxyl groups excluding tert-OH is 1. The van der Waals surface area contributed by atoms with Crippen molar-refractivity contribution in [2.45, 2.75) is 19.6 Å². The lowest BCUT2D eigenvalue weighted by Gasteiger charge is -2.20. The van der Waals surface area contributed by atoms with Gasteiger partial charge < -0.3 is 15.3 Å². The molecule has 1 aliphatic heterocycles. The maximum absolute atomic E-state index is 14.2. The first kappa shape index (κ1) is 14.0. The van der Waals surface area contributed by atoms with E-state index in [9.17, 15) is 14.3 Å². The lowest BCUT2D eigenvalue weighted by molar-refractivity contribution is -0.123. The Hall–Kier alpha value is -1.99. The highest BCUT2D eigenvalue weighted by atomic mass is 32.1. The second-order valence-electron chi connectivity index (χ2n) is 5.00. The molecule has 3 rings (SSSR count). The van der Waals surface area contributed by atoms with Gasteiger partial charge in [-0.25, -0.2) is 9.37 Å². The summed E-state index contributed by atoms with van der Waals surface area (Å²) in [5.41, 5.74) is 3.79. The Bertz CT molecular complexity index is 716. The van der Waals surface area contributed by atoms with Gasteiger partial charge >= 0.3 is 0 Å². The van der Waals surface area contributed by atoms with Gasteiger partial charge in [-0.2, -0.15) is 0 Å². The number of aliphatic hydroxyl groups is 1. The lowest BCUT2D eigenvalue weighted by atomic mass is 10.1. The maximum Gasteiger partial charge on any atom is 0.257 e. The third kappa shape index (κ3) is 2.38. The van der Waals surface area contributed by atoms with E-state index in [1.54, 1.807) is 23.5 Å². The molecule has 1 aromatic carbocycles. The van der Waals surface area contributed by atoms with E-state index in [1.165, 1.54) is 17.4 Å². The standard InChI is InChI=1S/C14H14FN3O2S/c1-7-12(21-6-16-7)5-18(2)11-4-10-8(3-9(11)15)13(19)14(20)17-10/h3-4,6,13,19H,5H2,1-2H3,(H,17,20). The molecule has 0 radical (unpaired) electrons. The number of hydrogen-bond donors (Lipinski definition) is 2. The number of carbonyl (C=O) groups excluding carboxylic acids is 1. The number of anilines is 2. The van der Waals surface area contributed by atoms with Crippen LogP contribution in [0, 0.1) is 12.7 Å². The topological polar surface area (TPSA) is 65.5 Å². The van der Waals surface area contributed by atoms with Crippen molar-refractivity contribution in [1.82, 2.24) is 4.98 Å². The summed E-state index contributed by atoms with van der Waals surface area (Å²) in [6.07, 6.45) is -1.29. The van der Waals surface area contributed by atoms with E-state index in [0.717, 1.165) is 10.6 Å². The van der Waals surface area contributed by atoms with Gasteiger partial charge in [-0.1, -0.05) is 0 Å². The Balaban J connectivity index is 1.91. The number of fused-ring (bicyclic) bond motifs is 1. The average Bonchev–Trinajstić information content (AvgIpc) is 2.95. The molecule has 0 saturated heterocycles. The third-order valence-electron chi connectivity index (χ3n) is 3.56. The summed E-state index contributed by atoms with van der Waals surface area (Å²) in [6.45, 7) is 2.44. The Morgan fingerprint density at radius 2 is 2.29 bits per heavy atom. The van der Waals surface area contributed by atoms with Gasteiger partial charge in [0.25, 0.3) is 5.91 Å². The number of halogens is 1. The minimum absolute atomic E-state index is 0.281. The van der Waals surface area contributed by atoms with Gasteiger partial charge in [0.1, 0.15) is 5.82 Å². The number of nitrogens with one attached hydrogen (secondary N) is 1. The van der Waals surface area contributed by atoms with E-state index in [4.69, 9.17) is 0 Å². The van der Waals surface area contributed by atoms with Gasteiger partial charge in [0.2, 0.25) is 0 Å². The molecule has 110 valence electrons. The molecule has 0 bridgehead atoms. The highest BCUT2D eigenvalue weighted by Crippen LogP contribution is 2.36. The van der Waals surface area contributed by atoms with Crippen LogP contribution in [0.25, 0.3) is 0 Å². The zero-order valence-corrected chi connectivity index (χ0v) is 12.4. The number of carbonyl (C=O) groups is 1. The van der Waals surface area contributed by atoms with E-state index >= 15 is 0 Å². The highest BCUT2D eigenvalue weighted by molar-refractivity contribution is 7.09. The second kappa shape index (κ2) is 5.09. The lowest BCUT2D eigenvalue weighted by Crippen LogP contribution is -2.17. The van der Waals surface area contributed by atoms with Gasteiger partial charge in [0.15, 0.2) is 6.10 Å². The summed E-state index contributed by atoms with van der Waals surface area (Å²) in [5, 5.41) is 12.2. The monoisotopic (exact) mass is 307 g/mol. The molecule has 0 spiro atoms. The van der Waals surface area contributed by atoms with E-state index in [2.05, 4.69) is 10.3 Å². The van der Waals surface area contributed by atoms with Crippen LogP contribution < -0.4 is 10.2 Å². The number of benzene rings is 1. The fourth-order valence-corrected chi connectivity index (χ4v) is 3.15. The van der Waals surface area contributed by atoms with E-state index < -0.39 is 17.8 Å². The summed E-state index contributed by atoms with van der Waals surface area (Å²) in [6, 6.07) is 2.76. The number of aryl methyl sites for hydroxylation is 1. The minimum atomic E-state index is -1.29. The minimum Gasteiger partial charge on any atom is -0.378 e. The van der Waals surface area contributed by atoms with Crippen molar-refractivity contribution in [2.75, 3.05) is 17.3 Å². The Morgan fingerprint density at radius 1 is 1.52 bits per heavy atom. The van der Waals surface area contributed by atoms with Crippen LogP contribution in [0.4, 0.5) is 15.8 Å². The molecule has 2 heterocycles. The van der Waals surface area contributed by atoms with Crippen molar-refractivity contribution < 1.29 is 14.3 Å². The molecule has 1 amide bonds. The molecule has 0 saturated carbocycles. The summed E-state index contributed by atoms with van der Waals surface area (Å²) < 4.78 is 14.2. The predicted molar refractivity (Wildman–Crippen MR) is 78.9 cm³/mol. The zero-order chi connectivity index (χ0) is 15.1. The Kier molecular flexibility index (Phi) is 3.38. The molecular formula is C14H14FN3O2S. The fraction of sp³-hybridized carbons (Fsp3) is 0.286. The summed E-state index contributed by atoms with van der Waals surface area (Å²) >= 11 is 1.52. The molecular weight excluding hydrogens is 293 g/mol. The first-order chi connectivity index (χ1) is 9.97. The van der Waals surface area contributed by atoms with E-state index in [1.807, 2.05) is 6.92 Å². The molecule has 1 aromatic heterocycles. The van der Waals surface area contributed by atoms with Crippen molar-refractivity contribution >= 4 is 28.6 Å². The van der Waals surface area contributed by atoms with Gasteiger partial charge in [-0.3, -0.25) is 4.79 Å². The maximum atomic E-state index is 14.2. The van der Waals surface area contributed by atoms with Crippen molar-refractivity contribution in [2.24, 2.45) is 0 Å². The molecule has 5 nitrogen and oxygen atoms in total. The first-order valence-electron chi connectivity index (χ1n) is 6.40. The SMILES string of the molecule is Cc1ncsc1CN(C)c1cc2c(cc1F)C(O)C(=O)N2. The van der Waals surface area contributed by atoms with Gasteiger partial charge in [-0.05, 0) is 19.1 Å². The first-order valence-corrected chi connectivity index (χ1v) is 7.28. The van der Waals surface area contributed by atoms with Crippen LogP contribution in [-0.2, 0) is 11.3 Å². The van der Waals surface area contributed by atoms with Crippen molar-refractivity contribution in [1.29, 1.82) is 0 Å². The number of rotatable bonds is 3. The van der Waals surface area contributed by atoms with Gasteiger partial charge in [0, 0.05) is 23.2 Å². The van der Waals surface area contributed by atoms with Crippen molar-refractivity contribution in [3.8, 4) is 0 Å². The predicted octanol–water partition coefficient (Wildman–Crippen LogP) is 2.21. The molecule has 1 aliphatic rings. The van der Waals surface area contributed by atoms with Crippen LogP contribution in [0.1, 0.15) is 22.2 Å². The highest BCUT2D eigenvalue weighted by Gasteiger charge is 2.30. The van der Waals surface area contributed by atoms with Crippen LogP contribution in [0.2, 0.25) is 0 Å². The molecule has 0 aliphatic carbocycles. The van der Waals surface area contributed by atoms with E-state index in [0.29, 0.717) is 17.9 Å². The Morgan fingerprint density at radius 3 is 2.95 bits per heavy atom. The van der Waals surface area contributed by atoms with Gasteiger partial charge in [0.05, 0.1) is 23.4 Å². The summed E-state index contributed by atoms with van der Waals surface area (Å²) in [5.74, 6) is -0.989. The van der Waals surface area contributed by atoms with Crippen LogP contribution >= 0.6 is 11.3 Å². The third-order valence-corrected chi connectivity index (χ3v) is 4.48. The van der Waals surface area contributed by atoms with Crippen LogP contribution in [-0.4, -0.2) is 23.0 Å². The zero-order valence-electron chi connectivity index (χ0n) is 11.6. The largest absolute Gasteiger partial charge is 0.378 e. The van der Waals surface area contributed by atoms with Gasteiger partial charge in [-0.15, -0.1) is 11.3 Å². The molecule has 1 unspecified atom stereocenters. The van der Waals surface area contributed by atoms with Crippen LogP contribution in [0.3, 0.4) is 0 Å². The normalized spacial score (nSPS) is 16.8. The quantitative estimate of drug-likeness (QED) is 0.912. The summed E-state index contributed by atoms with van der Waals surface area (Å²) in [7, 11) is 1.77. The molecule has 2 N–H and O–H groups in total.